The van der Waals surface area contributed by atoms with E-state index >= 15 is 0 Å². The number of thiophene rings is 1. The molecule has 0 saturated carbocycles. The molecule has 1 aromatic heterocycles. The van der Waals surface area contributed by atoms with Crippen LogP contribution in [0.3, 0.4) is 0 Å². The maximum absolute atomic E-state index is 3.76. The SMILES string of the molecule is C=CCCCCCC(Cc1cccs1)NCC. The first-order chi connectivity index (χ1) is 8.36. The van der Waals surface area contributed by atoms with E-state index in [1.807, 2.05) is 17.4 Å². The highest BCUT2D eigenvalue weighted by atomic mass is 32.1. The Morgan fingerprint density at radius 1 is 1.41 bits per heavy atom. The Kier molecular flexibility index (Phi) is 8.02. The average Bonchev–Trinajstić information content (AvgIpc) is 2.82. The minimum absolute atomic E-state index is 0.655. The molecule has 0 aliphatic carbocycles. The van der Waals surface area contributed by atoms with Crippen LogP contribution in [0.4, 0.5) is 0 Å². The molecule has 1 heterocycles. The number of hydrogen-bond donors (Lipinski definition) is 1. The number of allylic oxidation sites excluding steroid dienone is 1. The van der Waals surface area contributed by atoms with Crippen molar-refractivity contribution in [2.75, 3.05) is 6.54 Å². The topological polar surface area (TPSA) is 12.0 Å². The summed E-state index contributed by atoms with van der Waals surface area (Å²) in [4.78, 5) is 1.50. The van der Waals surface area contributed by atoms with E-state index in [-0.39, 0.29) is 0 Å². The maximum atomic E-state index is 3.76. The van der Waals surface area contributed by atoms with Gasteiger partial charge in [0.2, 0.25) is 0 Å². The third-order valence-electron chi connectivity index (χ3n) is 2.98. The van der Waals surface area contributed by atoms with Crippen LogP contribution in [-0.4, -0.2) is 12.6 Å². The molecule has 0 amide bonds. The van der Waals surface area contributed by atoms with Crippen molar-refractivity contribution in [2.45, 2.75) is 51.5 Å². The van der Waals surface area contributed by atoms with Gasteiger partial charge in [-0.2, -0.15) is 0 Å². The van der Waals surface area contributed by atoms with Crippen LogP contribution in [-0.2, 0) is 6.42 Å². The molecule has 0 spiro atoms. The lowest BCUT2D eigenvalue weighted by molar-refractivity contribution is 0.467. The Morgan fingerprint density at radius 3 is 2.94 bits per heavy atom. The number of nitrogens with one attached hydrogen (secondary N) is 1. The standard InChI is InChI=1S/C15H25NS/c1-3-5-6-7-8-10-14(16-4-2)13-15-11-9-12-17-15/h3,9,11-12,14,16H,1,4-8,10,13H2,2H3. The van der Waals surface area contributed by atoms with E-state index in [1.54, 1.807) is 0 Å². The molecule has 0 aliphatic heterocycles. The van der Waals surface area contributed by atoms with E-state index in [0.717, 1.165) is 13.0 Å². The molecule has 0 saturated heterocycles. The summed E-state index contributed by atoms with van der Waals surface area (Å²) in [6, 6.07) is 5.04. The number of unbranched alkanes of at least 4 members (excludes halogenated alkanes) is 3. The number of hydrogen-bond acceptors (Lipinski definition) is 2. The minimum Gasteiger partial charge on any atom is -0.314 e. The summed E-state index contributed by atoms with van der Waals surface area (Å²) < 4.78 is 0. The molecule has 1 nitrogen and oxygen atoms in total. The molecule has 0 aromatic carbocycles. The molecule has 1 atom stereocenters. The van der Waals surface area contributed by atoms with Gasteiger partial charge >= 0.3 is 0 Å². The second-order valence-electron chi connectivity index (χ2n) is 4.46. The second kappa shape index (κ2) is 9.43. The van der Waals surface area contributed by atoms with Crippen LogP contribution in [0.1, 0.15) is 43.9 Å². The van der Waals surface area contributed by atoms with Crippen LogP contribution in [0.15, 0.2) is 30.2 Å². The van der Waals surface area contributed by atoms with Gasteiger partial charge in [0.1, 0.15) is 0 Å². The fourth-order valence-electron chi connectivity index (χ4n) is 2.09. The zero-order valence-corrected chi connectivity index (χ0v) is 11.8. The van der Waals surface area contributed by atoms with Crippen LogP contribution in [0.2, 0.25) is 0 Å². The van der Waals surface area contributed by atoms with Crippen molar-refractivity contribution in [3.63, 3.8) is 0 Å². The Morgan fingerprint density at radius 2 is 2.29 bits per heavy atom. The van der Waals surface area contributed by atoms with E-state index in [2.05, 4.69) is 36.3 Å². The summed E-state index contributed by atoms with van der Waals surface area (Å²) in [5.74, 6) is 0. The molecule has 2 heteroatoms. The molecule has 0 bridgehead atoms. The third kappa shape index (κ3) is 6.64. The number of rotatable bonds is 10. The Balaban J connectivity index is 2.20. The number of likely N-dealkylation sites (N-methyl/N-ethyl adjacent to an activating group) is 1. The maximum Gasteiger partial charge on any atom is 0.0115 e. The smallest absolute Gasteiger partial charge is 0.0115 e. The van der Waals surface area contributed by atoms with E-state index < -0.39 is 0 Å². The molecule has 0 fully saturated rings. The van der Waals surface area contributed by atoms with Crippen molar-refractivity contribution in [3.05, 3.63) is 35.0 Å². The molecule has 1 rings (SSSR count). The minimum atomic E-state index is 0.655. The van der Waals surface area contributed by atoms with Crippen LogP contribution in [0.5, 0.6) is 0 Å². The zero-order valence-electron chi connectivity index (χ0n) is 11.0. The third-order valence-corrected chi connectivity index (χ3v) is 3.88. The lowest BCUT2D eigenvalue weighted by Gasteiger charge is -2.16. The predicted octanol–water partition coefficient (Wildman–Crippen LogP) is 4.41. The van der Waals surface area contributed by atoms with Gasteiger partial charge in [0.25, 0.3) is 0 Å². The first-order valence-electron chi connectivity index (χ1n) is 6.73. The fourth-order valence-corrected chi connectivity index (χ4v) is 2.88. The van der Waals surface area contributed by atoms with Crippen LogP contribution >= 0.6 is 11.3 Å². The summed E-state index contributed by atoms with van der Waals surface area (Å²) in [7, 11) is 0. The summed E-state index contributed by atoms with van der Waals surface area (Å²) in [6.07, 6.45) is 9.62. The van der Waals surface area contributed by atoms with Crippen molar-refractivity contribution >= 4 is 11.3 Å². The summed E-state index contributed by atoms with van der Waals surface area (Å²) in [5.41, 5.74) is 0. The summed E-state index contributed by atoms with van der Waals surface area (Å²) >= 11 is 1.87. The average molecular weight is 251 g/mol. The molecular formula is C15H25NS. The fraction of sp³-hybridized carbons (Fsp3) is 0.600. The van der Waals surface area contributed by atoms with Crippen LogP contribution in [0.25, 0.3) is 0 Å². The van der Waals surface area contributed by atoms with Gasteiger partial charge in [0, 0.05) is 10.9 Å². The van der Waals surface area contributed by atoms with Gasteiger partial charge in [-0.3, -0.25) is 0 Å². The van der Waals surface area contributed by atoms with E-state index in [4.69, 9.17) is 0 Å². The van der Waals surface area contributed by atoms with Gasteiger partial charge < -0.3 is 5.32 Å². The largest absolute Gasteiger partial charge is 0.314 e. The quantitative estimate of drug-likeness (QED) is 0.480. The first-order valence-corrected chi connectivity index (χ1v) is 7.61. The van der Waals surface area contributed by atoms with E-state index in [9.17, 15) is 0 Å². The van der Waals surface area contributed by atoms with Crippen molar-refractivity contribution < 1.29 is 0 Å². The zero-order chi connectivity index (χ0) is 12.3. The van der Waals surface area contributed by atoms with Gasteiger partial charge in [-0.15, -0.1) is 17.9 Å². The first kappa shape index (κ1) is 14.5. The second-order valence-corrected chi connectivity index (χ2v) is 5.50. The Labute approximate surface area is 110 Å². The molecule has 0 aliphatic rings. The summed E-state index contributed by atoms with van der Waals surface area (Å²) in [6.45, 7) is 7.03. The van der Waals surface area contributed by atoms with Crippen molar-refractivity contribution in [1.29, 1.82) is 0 Å². The molecule has 1 N–H and O–H groups in total. The van der Waals surface area contributed by atoms with Gasteiger partial charge in [0.15, 0.2) is 0 Å². The van der Waals surface area contributed by atoms with Crippen molar-refractivity contribution in [1.82, 2.24) is 5.32 Å². The molecule has 1 unspecified atom stereocenters. The monoisotopic (exact) mass is 251 g/mol. The molecule has 96 valence electrons. The molecule has 17 heavy (non-hydrogen) atoms. The van der Waals surface area contributed by atoms with Gasteiger partial charge in [-0.05, 0) is 43.7 Å². The lowest BCUT2D eigenvalue weighted by atomic mass is 10.0. The van der Waals surface area contributed by atoms with Gasteiger partial charge in [-0.25, -0.2) is 0 Å². The highest BCUT2D eigenvalue weighted by Crippen LogP contribution is 2.15. The highest BCUT2D eigenvalue weighted by Gasteiger charge is 2.08. The normalized spacial score (nSPS) is 12.5. The van der Waals surface area contributed by atoms with Crippen LogP contribution in [0, 0.1) is 0 Å². The van der Waals surface area contributed by atoms with Crippen molar-refractivity contribution in [3.8, 4) is 0 Å². The predicted molar refractivity (Wildman–Crippen MR) is 78.8 cm³/mol. The Bertz CT molecular complexity index is 279. The van der Waals surface area contributed by atoms with E-state index in [1.165, 1.54) is 37.0 Å². The molecule has 0 radical (unpaired) electrons. The summed E-state index contributed by atoms with van der Waals surface area (Å²) in [5, 5.41) is 5.77. The van der Waals surface area contributed by atoms with Gasteiger partial charge in [-0.1, -0.05) is 31.9 Å². The Hall–Kier alpha value is -0.600. The van der Waals surface area contributed by atoms with Gasteiger partial charge in [0.05, 0.1) is 0 Å². The van der Waals surface area contributed by atoms with Crippen LogP contribution < -0.4 is 5.32 Å². The highest BCUT2D eigenvalue weighted by molar-refractivity contribution is 7.09. The van der Waals surface area contributed by atoms with Crippen molar-refractivity contribution in [2.24, 2.45) is 0 Å². The molecular weight excluding hydrogens is 226 g/mol. The lowest BCUT2D eigenvalue weighted by Crippen LogP contribution is -2.30. The van der Waals surface area contributed by atoms with E-state index in [0.29, 0.717) is 6.04 Å². The molecule has 1 aromatic rings.